The summed E-state index contributed by atoms with van der Waals surface area (Å²) in [5.74, 6) is 4.39. The SMILES string of the molecule is Cc1c(C)c2c(c(C)c1OCOP(C)(C)=O)CCC(C)(CCCC(C)CCCC(C)CCCC(C)C)O2. The van der Waals surface area contributed by atoms with Crippen LogP contribution in [0.4, 0.5) is 0 Å². The Morgan fingerprint density at radius 2 is 1.43 bits per heavy atom. The zero-order valence-electron chi connectivity index (χ0n) is 25.8. The number of hydrogen-bond acceptors (Lipinski definition) is 4. The molecule has 1 aliphatic heterocycles. The van der Waals surface area contributed by atoms with Crippen molar-refractivity contribution in [2.45, 2.75) is 132 Å². The van der Waals surface area contributed by atoms with Gasteiger partial charge in [0.15, 0.2) is 14.2 Å². The van der Waals surface area contributed by atoms with Crippen molar-refractivity contribution in [1.82, 2.24) is 0 Å². The van der Waals surface area contributed by atoms with Gasteiger partial charge in [0, 0.05) is 18.9 Å². The average molecular weight is 537 g/mol. The third-order valence-electron chi connectivity index (χ3n) is 8.40. The largest absolute Gasteiger partial charge is 0.487 e. The first kappa shape index (κ1) is 32.2. The fourth-order valence-corrected chi connectivity index (χ4v) is 6.00. The van der Waals surface area contributed by atoms with E-state index in [0.29, 0.717) is 0 Å². The van der Waals surface area contributed by atoms with Crippen LogP contribution in [-0.2, 0) is 15.5 Å². The van der Waals surface area contributed by atoms with Crippen LogP contribution in [0.25, 0.3) is 0 Å². The Balaban J connectivity index is 1.84. The molecule has 0 N–H and O–H groups in total. The molecule has 5 heteroatoms. The van der Waals surface area contributed by atoms with Gasteiger partial charge in [0.1, 0.15) is 17.1 Å². The third kappa shape index (κ3) is 10.6. The molecule has 1 aliphatic rings. The van der Waals surface area contributed by atoms with E-state index >= 15 is 0 Å². The summed E-state index contributed by atoms with van der Waals surface area (Å²) in [4.78, 5) is 0. The molecular formula is C32H57O4P. The summed E-state index contributed by atoms with van der Waals surface area (Å²) >= 11 is 0. The Labute approximate surface area is 229 Å². The van der Waals surface area contributed by atoms with Gasteiger partial charge in [-0.05, 0) is 87.8 Å². The van der Waals surface area contributed by atoms with Crippen molar-refractivity contribution in [3.05, 3.63) is 22.3 Å². The molecule has 214 valence electrons. The Morgan fingerprint density at radius 3 is 2.00 bits per heavy atom. The van der Waals surface area contributed by atoms with E-state index in [0.717, 1.165) is 65.2 Å². The summed E-state index contributed by atoms with van der Waals surface area (Å²) in [7, 11) is -2.57. The maximum Gasteiger partial charge on any atom is 0.200 e. The molecule has 0 aliphatic carbocycles. The van der Waals surface area contributed by atoms with Crippen molar-refractivity contribution in [1.29, 1.82) is 0 Å². The topological polar surface area (TPSA) is 44.8 Å². The van der Waals surface area contributed by atoms with Crippen LogP contribution in [0.2, 0.25) is 0 Å². The van der Waals surface area contributed by atoms with Crippen LogP contribution in [0.5, 0.6) is 11.5 Å². The van der Waals surface area contributed by atoms with Crippen LogP contribution >= 0.6 is 7.37 Å². The van der Waals surface area contributed by atoms with Gasteiger partial charge < -0.3 is 9.47 Å². The Morgan fingerprint density at radius 1 is 0.865 bits per heavy atom. The standard InChI is InChI=1S/C32H57O4P/c1-23(2)14-11-15-24(3)16-12-17-25(4)18-13-20-32(8)21-19-29-28(7)30(34-22-35-37(9,10)33)26(5)27(6)31(29)36-32/h23-25H,11-22H2,1-10H3. The summed E-state index contributed by atoms with van der Waals surface area (Å²) in [6, 6.07) is 0. The van der Waals surface area contributed by atoms with Gasteiger partial charge in [0.05, 0.1) is 0 Å². The highest BCUT2D eigenvalue weighted by atomic mass is 31.2. The Hall–Kier alpha value is -0.990. The fourth-order valence-electron chi connectivity index (χ4n) is 5.69. The third-order valence-corrected chi connectivity index (χ3v) is 9.13. The van der Waals surface area contributed by atoms with Crippen molar-refractivity contribution >= 4 is 7.37 Å². The number of benzene rings is 1. The summed E-state index contributed by atoms with van der Waals surface area (Å²) < 4.78 is 30.0. The minimum Gasteiger partial charge on any atom is -0.487 e. The van der Waals surface area contributed by atoms with Gasteiger partial charge >= 0.3 is 0 Å². The van der Waals surface area contributed by atoms with Gasteiger partial charge in [-0.15, -0.1) is 0 Å². The predicted molar refractivity (Wildman–Crippen MR) is 159 cm³/mol. The molecule has 0 spiro atoms. The first-order valence-electron chi connectivity index (χ1n) is 14.9. The van der Waals surface area contributed by atoms with E-state index in [2.05, 4.69) is 55.4 Å². The Bertz CT molecular complexity index is 903. The number of hydrogen-bond donors (Lipinski definition) is 0. The maximum absolute atomic E-state index is 11.9. The lowest BCUT2D eigenvalue weighted by atomic mass is 9.83. The van der Waals surface area contributed by atoms with E-state index in [1.54, 1.807) is 13.3 Å². The molecule has 2 rings (SSSR count). The molecule has 4 nitrogen and oxygen atoms in total. The van der Waals surface area contributed by atoms with Crippen LogP contribution in [-0.4, -0.2) is 25.7 Å². The molecule has 1 aromatic rings. The monoisotopic (exact) mass is 536 g/mol. The molecule has 1 aromatic carbocycles. The normalized spacial score (nSPS) is 19.4. The van der Waals surface area contributed by atoms with Gasteiger partial charge in [0.25, 0.3) is 0 Å². The van der Waals surface area contributed by atoms with Crippen LogP contribution in [0.3, 0.4) is 0 Å². The molecular weight excluding hydrogens is 479 g/mol. The van der Waals surface area contributed by atoms with Gasteiger partial charge in [-0.3, -0.25) is 9.09 Å². The molecule has 0 saturated carbocycles. The van der Waals surface area contributed by atoms with Crippen molar-refractivity contribution in [2.24, 2.45) is 17.8 Å². The van der Waals surface area contributed by atoms with Crippen molar-refractivity contribution < 1.29 is 18.6 Å². The summed E-state index contributed by atoms with van der Waals surface area (Å²) in [5, 5.41) is 0. The van der Waals surface area contributed by atoms with E-state index in [1.165, 1.54) is 56.9 Å². The second kappa shape index (κ2) is 14.4. The summed E-state index contributed by atoms with van der Waals surface area (Å²) in [6.45, 7) is 21.4. The molecule has 37 heavy (non-hydrogen) atoms. The van der Waals surface area contributed by atoms with Crippen LogP contribution in [0, 0.1) is 38.5 Å². The zero-order valence-corrected chi connectivity index (χ0v) is 26.7. The molecule has 3 atom stereocenters. The van der Waals surface area contributed by atoms with Gasteiger partial charge in [-0.1, -0.05) is 72.6 Å². The summed E-state index contributed by atoms with van der Waals surface area (Å²) in [6.07, 6.45) is 13.9. The molecule has 1 heterocycles. The van der Waals surface area contributed by atoms with Crippen molar-refractivity contribution in [2.75, 3.05) is 20.1 Å². The Kier molecular flexibility index (Phi) is 12.6. The van der Waals surface area contributed by atoms with E-state index < -0.39 is 7.37 Å². The zero-order chi connectivity index (χ0) is 27.8. The van der Waals surface area contributed by atoms with E-state index in [-0.39, 0.29) is 12.4 Å². The van der Waals surface area contributed by atoms with Gasteiger partial charge in [0.2, 0.25) is 0 Å². The highest BCUT2D eigenvalue weighted by molar-refractivity contribution is 7.57. The molecule has 0 saturated heterocycles. The molecule has 0 radical (unpaired) electrons. The highest BCUT2D eigenvalue weighted by Gasteiger charge is 2.34. The van der Waals surface area contributed by atoms with E-state index in [4.69, 9.17) is 14.0 Å². The summed E-state index contributed by atoms with van der Waals surface area (Å²) in [5.41, 5.74) is 4.50. The molecule has 0 bridgehead atoms. The quantitative estimate of drug-likeness (QED) is 0.156. The van der Waals surface area contributed by atoms with E-state index in [9.17, 15) is 4.57 Å². The van der Waals surface area contributed by atoms with Crippen LogP contribution < -0.4 is 9.47 Å². The van der Waals surface area contributed by atoms with Crippen LogP contribution in [0.1, 0.15) is 121 Å². The number of ether oxygens (including phenoxy) is 2. The van der Waals surface area contributed by atoms with E-state index in [1.807, 2.05) is 0 Å². The molecule has 0 aromatic heterocycles. The molecule has 3 unspecified atom stereocenters. The predicted octanol–water partition coefficient (Wildman–Crippen LogP) is 10.0. The average Bonchev–Trinajstić information content (AvgIpc) is 2.78. The first-order chi connectivity index (χ1) is 17.2. The minimum atomic E-state index is -2.57. The fraction of sp³-hybridized carbons (Fsp3) is 0.812. The van der Waals surface area contributed by atoms with Gasteiger partial charge in [-0.2, -0.15) is 0 Å². The maximum atomic E-state index is 11.9. The second-order valence-electron chi connectivity index (χ2n) is 13.1. The second-order valence-corrected chi connectivity index (χ2v) is 15.8. The van der Waals surface area contributed by atoms with Crippen molar-refractivity contribution in [3.8, 4) is 11.5 Å². The van der Waals surface area contributed by atoms with Crippen LogP contribution in [0.15, 0.2) is 0 Å². The molecule has 0 amide bonds. The number of fused-ring (bicyclic) bond motifs is 1. The first-order valence-corrected chi connectivity index (χ1v) is 17.4. The molecule has 0 fully saturated rings. The minimum absolute atomic E-state index is 0.0119. The number of rotatable bonds is 16. The highest BCUT2D eigenvalue weighted by Crippen LogP contribution is 2.45. The lowest BCUT2D eigenvalue weighted by Crippen LogP contribution is -2.37. The van der Waals surface area contributed by atoms with Gasteiger partial charge in [-0.25, -0.2) is 0 Å². The lowest BCUT2D eigenvalue weighted by Gasteiger charge is -2.38. The smallest absolute Gasteiger partial charge is 0.200 e. The lowest BCUT2D eigenvalue weighted by molar-refractivity contribution is 0.0507. The van der Waals surface area contributed by atoms with Crippen molar-refractivity contribution in [3.63, 3.8) is 0 Å².